The second-order valence-electron chi connectivity index (χ2n) is 4.70. The predicted octanol–water partition coefficient (Wildman–Crippen LogP) is 2.43. The molecular weight excluding hydrogens is 396 g/mol. The normalized spacial score (nSPS) is 11.0. The van der Waals surface area contributed by atoms with Gasteiger partial charge in [0.15, 0.2) is 5.96 Å². The van der Waals surface area contributed by atoms with Crippen molar-refractivity contribution < 1.29 is 4.39 Å². The van der Waals surface area contributed by atoms with E-state index in [0.717, 1.165) is 23.6 Å². The van der Waals surface area contributed by atoms with E-state index in [1.165, 1.54) is 12.1 Å². The van der Waals surface area contributed by atoms with Gasteiger partial charge in [0.2, 0.25) is 0 Å². The molecule has 7 heteroatoms. The molecule has 0 amide bonds. The number of hydrogen-bond acceptors (Lipinski definition) is 2. The van der Waals surface area contributed by atoms with Crippen molar-refractivity contribution in [1.82, 2.24) is 20.4 Å². The van der Waals surface area contributed by atoms with Crippen molar-refractivity contribution in [2.24, 2.45) is 12.0 Å². The Labute approximate surface area is 147 Å². The highest BCUT2D eigenvalue weighted by molar-refractivity contribution is 14.0. The molecule has 120 valence electrons. The van der Waals surface area contributed by atoms with Crippen LogP contribution in [0.25, 0.3) is 0 Å². The number of aromatic nitrogens is 2. The average molecular weight is 417 g/mol. The molecule has 0 atom stereocenters. The van der Waals surface area contributed by atoms with Gasteiger partial charge < -0.3 is 10.6 Å². The van der Waals surface area contributed by atoms with Crippen LogP contribution in [0.3, 0.4) is 0 Å². The largest absolute Gasteiger partial charge is 0.357 e. The van der Waals surface area contributed by atoms with Crippen molar-refractivity contribution in [3.63, 3.8) is 0 Å². The highest BCUT2D eigenvalue weighted by Gasteiger charge is 2.00. The van der Waals surface area contributed by atoms with Crippen molar-refractivity contribution in [2.45, 2.75) is 20.0 Å². The SMILES string of the molecule is CCNC(=NCc1cnn(C)c1)NCc1ccc(F)cc1.I. The van der Waals surface area contributed by atoms with E-state index in [2.05, 4.69) is 20.7 Å². The summed E-state index contributed by atoms with van der Waals surface area (Å²) in [6, 6.07) is 6.42. The van der Waals surface area contributed by atoms with Crippen LogP contribution in [0.5, 0.6) is 0 Å². The predicted molar refractivity (Wildman–Crippen MR) is 96.7 cm³/mol. The van der Waals surface area contributed by atoms with E-state index in [-0.39, 0.29) is 29.8 Å². The van der Waals surface area contributed by atoms with Crippen LogP contribution in [0.1, 0.15) is 18.1 Å². The Kier molecular flexibility index (Phi) is 7.86. The number of nitrogens with one attached hydrogen (secondary N) is 2. The standard InChI is InChI=1S/C15H20FN5.HI/c1-3-17-15(19-9-13-10-20-21(2)11-13)18-8-12-4-6-14(16)7-5-12;/h4-7,10-11H,3,8-9H2,1-2H3,(H2,17,18,19);1H. The van der Waals surface area contributed by atoms with Gasteiger partial charge in [-0.25, -0.2) is 9.38 Å². The fourth-order valence-electron chi connectivity index (χ4n) is 1.85. The molecule has 0 bridgehead atoms. The zero-order valence-corrected chi connectivity index (χ0v) is 15.0. The van der Waals surface area contributed by atoms with Crippen LogP contribution >= 0.6 is 24.0 Å². The molecule has 22 heavy (non-hydrogen) atoms. The third kappa shape index (κ3) is 6.00. The number of guanidine groups is 1. The van der Waals surface area contributed by atoms with E-state index in [0.29, 0.717) is 13.1 Å². The number of benzene rings is 1. The molecule has 0 unspecified atom stereocenters. The van der Waals surface area contributed by atoms with Crippen LogP contribution < -0.4 is 10.6 Å². The lowest BCUT2D eigenvalue weighted by molar-refractivity contribution is 0.626. The molecule has 0 radical (unpaired) electrons. The zero-order valence-electron chi connectivity index (χ0n) is 12.7. The van der Waals surface area contributed by atoms with Crippen molar-refractivity contribution in [2.75, 3.05) is 6.54 Å². The van der Waals surface area contributed by atoms with Gasteiger partial charge in [0, 0.05) is 31.9 Å². The summed E-state index contributed by atoms with van der Waals surface area (Å²) in [6.45, 7) is 3.95. The number of nitrogens with zero attached hydrogens (tertiary/aromatic N) is 3. The lowest BCUT2D eigenvalue weighted by Crippen LogP contribution is -2.36. The smallest absolute Gasteiger partial charge is 0.191 e. The number of aliphatic imine (C=N–C) groups is 1. The first-order valence-electron chi connectivity index (χ1n) is 6.91. The first-order chi connectivity index (χ1) is 10.2. The topological polar surface area (TPSA) is 54.2 Å². The van der Waals surface area contributed by atoms with Crippen LogP contribution in [-0.4, -0.2) is 22.3 Å². The molecule has 2 rings (SSSR count). The molecule has 5 nitrogen and oxygen atoms in total. The Hall–Kier alpha value is -1.64. The van der Waals surface area contributed by atoms with Gasteiger partial charge in [-0.1, -0.05) is 12.1 Å². The van der Waals surface area contributed by atoms with Gasteiger partial charge >= 0.3 is 0 Å². The lowest BCUT2D eigenvalue weighted by atomic mass is 10.2. The molecule has 0 aliphatic rings. The van der Waals surface area contributed by atoms with E-state index in [1.807, 2.05) is 20.2 Å². The Morgan fingerprint density at radius 2 is 1.95 bits per heavy atom. The summed E-state index contributed by atoms with van der Waals surface area (Å²) >= 11 is 0. The fraction of sp³-hybridized carbons (Fsp3) is 0.333. The van der Waals surface area contributed by atoms with Gasteiger partial charge in [0.25, 0.3) is 0 Å². The maximum Gasteiger partial charge on any atom is 0.191 e. The number of halogens is 2. The highest BCUT2D eigenvalue weighted by Crippen LogP contribution is 2.02. The summed E-state index contributed by atoms with van der Waals surface area (Å²) in [5.41, 5.74) is 2.06. The third-order valence-electron chi connectivity index (χ3n) is 2.90. The van der Waals surface area contributed by atoms with Gasteiger partial charge in [-0.3, -0.25) is 4.68 Å². The molecule has 2 N–H and O–H groups in total. The van der Waals surface area contributed by atoms with E-state index >= 15 is 0 Å². The van der Waals surface area contributed by atoms with Gasteiger partial charge in [0.1, 0.15) is 5.82 Å². The van der Waals surface area contributed by atoms with E-state index in [4.69, 9.17) is 0 Å². The van der Waals surface area contributed by atoms with Crippen LogP contribution in [0.15, 0.2) is 41.7 Å². The van der Waals surface area contributed by atoms with Crippen molar-refractivity contribution >= 4 is 29.9 Å². The Morgan fingerprint density at radius 1 is 1.23 bits per heavy atom. The Morgan fingerprint density at radius 3 is 2.55 bits per heavy atom. The molecule has 1 heterocycles. The second kappa shape index (κ2) is 9.39. The summed E-state index contributed by atoms with van der Waals surface area (Å²) in [7, 11) is 1.88. The minimum Gasteiger partial charge on any atom is -0.357 e. The number of rotatable bonds is 5. The fourth-order valence-corrected chi connectivity index (χ4v) is 1.85. The van der Waals surface area contributed by atoms with E-state index in [9.17, 15) is 4.39 Å². The van der Waals surface area contributed by atoms with Crippen molar-refractivity contribution in [1.29, 1.82) is 0 Å². The molecule has 1 aromatic carbocycles. The Bertz CT molecular complexity index is 594. The number of aryl methyl sites for hydroxylation is 1. The van der Waals surface area contributed by atoms with Crippen LogP contribution in [0.2, 0.25) is 0 Å². The summed E-state index contributed by atoms with van der Waals surface area (Å²) in [4.78, 5) is 4.50. The number of hydrogen-bond donors (Lipinski definition) is 2. The van der Waals surface area contributed by atoms with E-state index < -0.39 is 0 Å². The molecule has 2 aromatic rings. The quantitative estimate of drug-likeness (QED) is 0.447. The molecule has 0 fully saturated rings. The highest BCUT2D eigenvalue weighted by atomic mass is 127. The molecule has 0 aliphatic heterocycles. The van der Waals surface area contributed by atoms with Gasteiger partial charge in [-0.15, -0.1) is 24.0 Å². The average Bonchev–Trinajstić information content (AvgIpc) is 2.89. The first kappa shape index (κ1) is 18.4. The molecule has 0 spiro atoms. The van der Waals surface area contributed by atoms with Gasteiger partial charge in [-0.05, 0) is 24.6 Å². The molecule has 1 aromatic heterocycles. The zero-order chi connectivity index (χ0) is 15.1. The van der Waals surface area contributed by atoms with Crippen LogP contribution in [0, 0.1) is 5.82 Å². The Balaban J connectivity index is 0.00000242. The monoisotopic (exact) mass is 417 g/mol. The maximum absolute atomic E-state index is 12.9. The third-order valence-corrected chi connectivity index (χ3v) is 2.90. The summed E-state index contributed by atoms with van der Waals surface area (Å²) < 4.78 is 14.6. The molecular formula is C15H21FIN5. The maximum atomic E-state index is 12.9. The first-order valence-corrected chi connectivity index (χ1v) is 6.91. The minimum absolute atomic E-state index is 0. The van der Waals surface area contributed by atoms with Crippen LogP contribution in [0.4, 0.5) is 4.39 Å². The van der Waals surface area contributed by atoms with Crippen LogP contribution in [-0.2, 0) is 20.1 Å². The summed E-state index contributed by atoms with van der Waals surface area (Å²) in [6.07, 6.45) is 3.74. The summed E-state index contributed by atoms with van der Waals surface area (Å²) in [5, 5.41) is 10.5. The van der Waals surface area contributed by atoms with Crippen molar-refractivity contribution in [3.8, 4) is 0 Å². The minimum atomic E-state index is -0.226. The molecule has 0 saturated carbocycles. The lowest BCUT2D eigenvalue weighted by Gasteiger charge is -2.11. The molecule has 0 aliphatic carbocycles. The molecule has 0 saturated heterocycles. The second-order valence-corrected chi connectivity index (χ2v) is 4.70. The van der Waals surface area contributed by atoms with Gasteiger partial charge in [0.05, 0.1) is 12.7 Å². The van der Waals surface area contributed by atoms with Gasteiger partial charge in [-0.2, -0.15) is 5.10 Å². The summed E-state index contributed by atoms with van der Waals surface area (Å²) in [5.74, 6) is 0.501. The van der Waals surface area contributed by atoms with E-state index in [1.54, 1.807) is 23.0 Å². The van der Waals surface area contributed by atoms with Crippen molar-refractivity contribution in [3.05, 3.63) is 53.6 Å².